The van der Waals surface area contributed by atoms with E-state index in [4.69, 9.17) is 9.97 Å². The number of hydrogen-bond acceptors (Lipinski definition) is 4. The smallest absolute Gasteiger partial charge is 0.0973 e. The third-order valence-corrected chi connectivity index (χ3v) is 9.86. The van der Waals surface area contributed by atoms with Gasteiger partial charge in [-0.25, -0.2) is 9.97 Å². The fourth-order valence-electron chi connectivity index (χ4n) is 7.23. The fraction of sp³-hybridized carbons (Fsp3) is 0.0196. The first-order valence-corrected chi connectivity index (χ1v) is 18.7. The molecular weight excluding hydrogens is 669 g/mol. The molecule has 0 unspecified atom stereocenters. The first-order valence-electron chi connectivity index (χ1n) is 18.7. The Morgan fingerprint density at radius 2 is 0.873 bits per heavy atom. The minimum absolute atomic E-state index is 0.849. The molecule has 0 amide bonds. The zero-order valence-corrected chi connectivity index (χ0v) is 30.3. The van der Waals surface area contributed by atoms with E-state index in [-0.39, 0.29) is 0 Å². The van der Waals surface area contributed by atoms with Gasteiger partial charge >= 0.3 is 0 Å². The lowest BCUT2D eigenvalue weighted by atomic mass is 10.0. The van der Waals surface area contributed by atoms with Crippen molar-refractivity contribution in [1.82, 2.24) is 9.97 Å². The van der Waals surface area contributed by atoms with Crippen LogP contribution in [0.4, 0.5) is 28.4 Å². The van der Waals surface area contributed by atoms with Crippen molar-refractivity contribution in [2.45, 2.75) is 6.42 Å². The normalized spacial score (nSPS) is 12.3. The van der Waals surface area contributed by atoms with Crippen molar-refractivity contribution in [3.63, 3.8) is 0 Å². The molecule has 9 rings (SSSR count). The summed E-state index contributed by atoms with van der Waals surface area (Å²) in [5.41, 5.74) is 14.2. The third-order valence-electron chi connectivity index (χ3n) is 9.86. The van der Waals surface area contributed by atoms with Gasteiger partial charge in [-0.1, -0.05) is 146 Å². The Labute approximate surface area is 322 Å². The second kappa shape index (κ2) is 15.4. The Kier molecular flexibility index (Phi) is 9.36. The topological polar surface area (TPSA) is 32.3 Å². The molecule has 0 N–H and O–H groups in total. The molecule has 0 bridgehead atoms. The molecule has 0 aliphatic heterocycles. The van der Waals surface area contributed by atoms with Gasteiger partial charge in [0.1, 0.15) is 0 Å². The van der Waals surface area contributed by atoms with Crippen LogP contribution < -0.4 is 9.80 Å². The standard InChI is InChI=1S/C51H38N4/c1-2-12-23-41(22-11-1)54(42-24-13-5-14-25-42)45-34-36-46(37-35-45)55(43-26-15-6-16-27-43)44-32-30-40(31-33-44)50-49(39-20-9-4-10-21-39)52-48-29-17-28-47(51(48)53-50)38-18-7-3-8-19-38/h1-11,13-37H,12H2. The van der Waals surface area contributed by atoms with Crippen LogP contribution >= 0.6 is 0 Å². The van der Waals surface area contributed by atoms with Crippen molar-refractivity contribution in [3.05, 3.63) is 224 Å². The highest BCUT2D eigenvalue weighted by molar-refractivity contribution is 5.95. The largest absolute Gasteiger partial charge is 0.311 e. The van der Waals surface area contributed by atoms with Crippen LogP contribution in [0.1, 0.15) is 6.42 Å². The van der Waals surface area contributed by atoms with Crippen LogP contribution in [0, 0.1) is 0 Å². The monoisotopic (exact) mass is 706 g/mol. The van der Waals surface area contributed by atoms with Crippen molar-refractivity contribution < 1.29 is 0 Å². The number of benzene rings is 7. The molecule has 1 aliphatic rings. The summed E-state index contributed by atoms with van der Waals surface area (Å²) < 4.78 is 0. The first-order chi connectivity index (χ1) is 27.3. The second-order valence-electron chi connectivity index (χ2n) is 13.4. The molecule has 0 saturated heterocycles. The predicted octanol–water partition coefficient (Wildman–Crippen LogP) is 13.6. The molecule has 8 aromatic rings. The number of nitrogens with zero attached hydrogens (tertiary/aromatic N) is 4. The molecular formula is C51H38N4. The maximum absolute atomic E-state index is 5.39. The van der Waals surface area contributed by atoms with Crippen LogP contribution in [0.3, 0.4) is 0 Å². The number of fused-ring (bicyclic) bond motifs is 1. The van der Waals surface area contributed by atoms with E-state index >= 15 is 0 Å². The summed E-state index contributed by atoms with van der Waals surface area (Å²) in [4.78, 5) is 15.3. The number of allylic oxidation sites excluding steroid dienone is 5. The Bertz CT molecular complexity index is 2630. The van der Waals surface area contributed by atoms with Gasteiger partial charge < -0.3 is 9.80 Å². The van der Waals surface area contributed by atoms with Gasteiger partial charge in [-0.2, -0.15) is 0 Å². The van der Waals surface area contributed by atoms with Crippen LogP contribution in [-0.4, -0.2) is 9.97 Å². The molecule has 262 valence electrons. The van der Waals surface area contributed by atoms with Crippen molar-refractivity contribution in [3.8, 4) is 33.6 Å². The minimum atomic E-state index is 0.849. The van der Waals surface area contributed by atoms with Crippen LogP contribution in [0.5, 0.6) is 0 Å². The lowest BCUT2D eigenvalue weighted by Crippen LogP contribution is -2.15. The minimum Gasteiger partial charge on any atom is -0.311 e. The number of para-hydroxylation sites is 3. The molecule has 0 spiro atoms. The van der Waals surface area contributed by atoms with Crippen LogP contribution in [-0.2, 0) is 0 Å². The third kappa shape index (κ3) is 6.97. The molecule has 4 heteroatoms. The van der Waals surface area contributed by atoms with E-state index < -0.39 is 0 Å². The van der Waals surface area contributed by atoms with Crippen molar-refractivity contribution in [1.29, 1.82) is 0 Å². The van der Waals surface area contributed by atoms with Crippen molar-refractivity contribution >= 4 is 39.5 Å². The number of anilines is 5. The van der Waals surface area contributed by atoms with Gasteiger partial charge in [-0.3, -0.25) is 0 Å². The van der Waals surface area contributed by atoms with E-state index in [1.165, 1.54) is 0 Å². The molecule has 7 aromatic carbocycles. The zero-order chi connectivity index (χ0) is 36.8. The highest BCUT2D eigenvalue weighted by Gasteiger charge is 2.19. The average molecular weight is 707 g/mol. The summed E-state index contributed by atoms with van der Waals surface area (Å²) in [6, 6.07) is 65.7. The summed E-state index contributed by atoms with van der Waals surface area (Å²) >= 11 is 0. The van der Waals surface area contributed by atoms with Crippen molar-refractivity contribution in [2.24, 2.45) is 0 Å². The number of aromatic nitrogens is 2. The molecule has 1 aromatic heterocycles. The van der Waals surface area contributed by atoms with Gasteiger partial charge in [-0.15, -0.1) is 0 Å². The van der Waals surface area contributed by atoms with Crippen molar-refractivity contribution in [2.75, 3.05) is 9.80 Å². The molecule has 1 aliphatic carbocycles. The Morgan fingerprint density at radius 1 is 0.382 bits per heavy atom. The lowest BCUT2D eigenvalue weighted by molar-refractivity contribution is 1.18. The summed E-state index contributed by atoms with van der Waals surface area (Å²) in [6.07, 6.45) is 11.7. The van der Waals surface area contributed by atoms with Gasteiger partial charge in [0, 0.05) is 50.8 Å². The fourth-order valence-corrected chi connectivity index (χ4v) is 7.23. The molecule has 0 radical (unpaired) electrons. The Hall–Kier alpha value is -7.30. The molecule has 0 fully saturated rings. The lowest BCUT2D eigenvalue weighted by Gasteiger charge is -2.29. The second-order valence-corrected chi connectivity index (χ2v) is 13.4. The highest BCUT2D eigenvalue weighted by atomic mass is 15.2. The highest BCUT2D eigenvalue weighted by Crippen LogP contribution is 2.40. The number of rotatable bonds is 9. The van der Waals surface area contributed by atoms with Crippen LogP contribution in [0.2, 0.25) is 0 Å². The van der Waals surface area contributed by atoms with Gasteiger partial charge in [0.25, 0.3) is 0 Å². The quantitative estimate of drug-likeness (QED) is 0.150. The predicted molar refractivity (Wildman–Crippen MR) is 230 cm³/mol. The van der Waals surface area contributed by atoms with E-state index in [1.807, 2.05) is 12.1 Å². The summed E-state index contributed by atoms with van der Waals surface area (Å²) in [5.74, 6) is 0. The molecule has 1 heterocycles. The van der Waals surface area contributed by atoms with E-state index in [0.717, 1.165) is 85.2 Å². The SMILES string of the molecule is C1=CCC=C(N(c2ccccc2)c2ccc(N(c3ccccc3)c3ccc(-c4nc5c(-c6ccccc6)cccc5nc4-c4ccccc4)cc3)cc2)C=C1. The van der Waals surface area contributed by atoms with Gasteiger partial charge in [-0.05, 0) is 84.8 Å². The maximum Gasteiger partial charge on any atom is 0.0973 e. The van der Waals surface area contributed by atoms with Crippen LogP contribution in [0.25, 0.3) is 44.7 Å². The maximum atomic E-state index is 5.39. The molecule has 55 heavy (non-hydrogen) atoms. The summed E-state index contributed by atoms with van der Waals surface area (Å²) in [7, 11) is 0. The molecule has 0 atom stereocenters. The Balaban J connectivity index is 1.12. The van der Waals surface area contributed by atoms with Gasteiger partial charge in [0.2, 0.25) is 0 Å². The van der Waals surface area contributed by atoms with E-state index in [0.29, 0.717) is 0 Å². The molecule has 4 nitrogen and oxygen atoms in total. The van der Waals surface area contributed by atoms with E-state index in [2.05, 4.69) is 216 Å². The molecule has 0 saturated carbocycles. The number of hydrogen-bond donors (Lipinski definition) is 0. The first kappa shape index (κ1) is 33.5. The van der Waals surface area contributed by atoms with Gasteiger partial charge in [0.15, 0.2) is 0 Å². The summed E-state index contributed by atoms with van der Waals surface area (Å²) in [5, 5.41) is 0. The van der Waals surface area contributed by atoms with Gasteiger partial charge in [0.05, 0.1) is 22.4 Å². The van der Waals surface area contributed by atoms with E-state index in [9.17, 15) is 0 Å². The Morgan fingerprint density at radius 3 is 1.51 bits per heavy atom. The average Bonchev–Trinajstić information content (AvgIpc) is 3.55. The van der Waals surface area contributed by atoms with E-state index in [1.54, 1.807) is 0 Å². The zero-order valence-electron chi connectivity index (χ0n) is 30.3. The summed E-state index contributed by atoms with van der Waals surface area (Å²) in [6.45, 7) is 0. The van der Waals surface area contributed by atoms with Crippen LogP contribution in [0.15, 0.2) is 224 Å².